The molecule has 2 saturated heterocycles. The van der Waals surface area contributed by atoms with Crippen molar-refractivity contribution in [1.29, 1.82) is 0 Å². The van der Waals surface area contributed by atoms with Crippen LogP contribution in [0.1, 0.15) is 19.3 Å². The molecule has 0 aromatic carbocycles. The fraction of sp³-hybridized carbons (Fsp3) is 0.846. The minimum Gasteiger partial charge on any atom is -0.369 e. The largest absolute Gasteiger partial charge is 0.369 e. The molecule has 2 rings (SSSR count). The highest BCUT2D eigenvalue weighted by Gasteiger charge is 2.27. The molecule has 2 amide bonds. The van der Waals surface area contributed by atoms with Gasteiger partial charge in [-0.3, -0.25) is 14.5 Å². The van der Waals surface area contributed by atoms with Crippen molar-refractivity contribution in [3.63, 3.8) is 0 Å². The molecule has 1 unspecified atom stereocenters. The van der Waals surface area contributed by atoms with Crippen LogP contribution < -0.4 is 11.1 Å². The van der Waals surface area contributed by atoms with Gasteiger partial charge in [0.25, 0.3) is 0 Å². The van der Waals surface area contributed by atoms with Crippen LogP contribution in [-0.2, 0) is 9.59 Å². The van der Waals surface area contributed by atoms with Crippen LogP contribution in [0.25, 0.3) is 0 Å². The summed E-state index contributed by atoms with van der Waals surface area (Å²) in [5.74, 6) is -0.312. The van der Waals surface area contributed by atoms with E-state index in [2.05, 4.69) is 10.2 Å². The number of carbonyl (C=O) groups excluding carboxylic acids is 2. The molecule has 6 nitrogen and oxygen atoms in total. The molecule has 3 N–H and O–H groups in total. The number of nitrogens with one attached hydrogen (secondary N) is 1. The highest BCUT2D eigenvalue weighted by Crippen LogP contribution is 2.16. The van der Waals surface area contributed by atoms with Crippen LogP contribution >= 0.6 is 0 Å². The molecular formula is C13H24N4O2. The van der Waals surface area contributed by atoms with Crippen LogP contribution in [0, 0.1) is 5.92 Å². The van der Waals surface area contributed by atoms with E-state index in [4.69, 9.17) is 5.73 Å². The van der Waals surface area contributed by atoms with Crippen LogP contribution in [-0.4, -0.2) is 67.4 Å². The van der Waals surface area contributed by atoms with Crippen molar-refractivity contribution in [1.82, 2.24) is 15.1 Å². The van der Waals surface area contributed by atoms with Gasteiger partial charge < -0.3 is 16.0 Å². The average Bonchev–Trinajstić information content (AvgIpc) is 2.67. The first-order valence-corrected chi connectivity index (χ1v) is 7.17. The number of carbonyl (C=O) groups is 2. The summed E-state index contributed by atoms with van der Waals surface area (Å²) in [6.45, 7) is 5.57. The first kappa shape index (κ1) is 14.3. The van der Waals surface area contributed by atoms with Gasteiger partial charge in [0.05, 0.1) is 12.5 Å². The third-order valence-corrected chi connectivity index (χ3v) is 3.97. The molecule has 2 aliphatic rings. The zero-order chi connectivity index (χ0) is 13.7. The van der Waals surface area contributed by atoms with Crippen molar-refractivity contribution >= 4 is 11.8 Å². The molecule has 0 radical (unpaired) electrons. The molecule has 108 valence electrons. The Labute approximate surface area is 114 Å². The van der Waals surface area contributed by atoms with Gasteiger partial charge in [-0.1, -0.05) is 0 Å². The quantitative estimate of drug-likeness (QED) is 0.688. The Bertz CT molecular complexity index is 327. The number of hydrogen-bond donors (Lipinski definition) is 2. The molecule has 0 aromatic rings. The summed E-state index contributed by atoms with van der Waals surface area (Å²) in [6, 6.07) is 0. The van der Waals surface area contributed by atoms with Crippen molar-refractivity contribution in [2.45, 2.75) is 19.3 Å². The molecular weight excluding hydrogens is 244 g/mol. The Morgan fingerprint density at radius 1 is 1.16 bits per heavy atom. The number of amides is 2. The maximum Gasteiger partial charge on any atom is 0.236 e. The molecule has 6 heteroatoms. The topological polar surface area (TPSA) is 78.7 Å². The summed E-state index contributed by atoms with van der Waals surface area (Å²) in [6.07, 6.45) is 2.77. The molecule has 0 bridgehead atoms. The average molecular weight is 268 g/mol. The fourth-order valence-corrected chi connectivity index (χ4v) is 2.79. The number of hydrogen-bond acceptors (Lipinski definition) is 4. The Morgan fingerprint density at radius 2 is 2.00 bits per heavy atom. The maximum atomic E-state index is 12.3. The highest BCUT2D eigenvalue weighted by atomic mass is 16.2. The van der Waals surface area contributed by atoms with Gasteiger partial charge in [0.1, 0.15) is 0 Å². The maximum absolute atomic E-state index is 12.3. The van der Waals surface area contributed by atoms with Crippen LogP contribution in [0.5, 0.6) is 0 Å². The standard InChI is InChI=1S/C13H24N4O2/c14-13(19)11-3-1-7-17(9-11)12(18)10-16-6-2-4-15-5-8-16/h11,15H,1-10H2,(H2,14,19). The highest BCUT2D eigenvalue weighted by molar-refractivity contribution is 5.81. The minimum atomic E-state index is -0.281. The third-order valence-electron chi connectivity index (χ3n) is 3.97. The van der Waals surface area contributed by atoms with Gasteiger partial charge in [0.2, 0.25) is 11.8 Å². The lowest BCUT2D eigenvalue weighted by Crippen LogP contribution is -2.48. The van der Waals surface area contributed by atoms with Crippen molar-refractivity contribution in [3.8, 4) is 0 Å². The Hall–Kier alpha value is -1.14. The summed E-state index contributed by atoms with van der Waals surface area (Å²) in [5, 5.41) is 3.32. The van der Waals surface area contributed by atoms with E-state index < -0.39 is 0 Å². The van der Waals surface area contributed by atoms with Crippen molar-refractivity contribution in [2.75, 3.05) is 45.8 Å². The summed E-state index contributed by atoms with van der Waals surface area (Å²) >= 11 is 0. The smallest absolute Gasteiger partial charge is 0.236 e. The first-order chi connectivity index (χ1) is 9.16. The van der Waals surface area contributed by atoms with E-state index in [1.54, 1.807) is 4.90 Å². The molecule has 1 atom stereocenters. The lowest BCUT2D eigenvalue weighted by molar-refractivity contribution is -0.135. The number of rotatable bonds is 3. The number of primary amides is 1. The van der Waals surface area contributed by atoms with Crippen molar-refractivity contribution < 1.29 is 9.59 Å². The predicted octanol–water partition coefficient (Wildman–Crippen LogP) is -0.994. The lowest BCUT2D eigenvalue weighted by Gasteiger charge is -2.32. The van der Waals surface area contributed by atoms with E-state index >= 15 is 0 Å². The van der Waals surface area contributed by atoms with Gasteiger partial charge in [-0.15, -0.1) is 0 Å². The fourth-order valence-electron chi connectivity index (χ4n) is 2.79. The summed E-state index contributed by atoms with van der Waals surface area (Å²) in [5.41, 5.74) is 5.34. The second-order valence-electron chi connectivity index (χ2n) is 5.46. The number of likely N-dealkylation sites (tertiary alicyclic amines) is 1. The van der Waals surface area contributed by atoms with Gasteiger partial charge in [-0.2, -0.15) is 0 Å². The van der Waals surface area contributed by atoms with E-state index in [9.17, 15) is 9.59 Å². The van der Waals surface area contributed by atoms with Crippen molar-refractivity contribution in [3.05, 3.63) is 0 Å². The van der Waals surface area contributed by atoms with Crippen LogP contribution in [0.4, 0.5) is 0 Å². The molecule has 2 fully saturated rings. The Kier molecular flexibility index (Phi) is 5.15. The monoisotopic (exact) mass is 268 g/mol. The number of piperidine rings is 1. The first-order valence-electron chi connectivity index (χ1n) is 7.17. The minimum absolute atomic E-state index is 0.132. The second-order valence-corrected chi connectivity index (χ2v) is 5.46. The summed E-state index contributed by atoms with van der Waals surface area (Å²) < 4.78 is 0. The molecule has 0 aliphatic carbocycles. The normalized spacial score (nSPS) is 25.9. The Balaban J connectivity index is 1.83. The zero-order valence-electron chi connectivity index (χ0n) is 11.4. The number of nitrogens with two attached hydrogens (primary N) is 1. The Morgan fingerprint density at radius 3 is 2.79 bits per heavy atom. The molecule has 0 spiro atoms. The molecule has 2 aliphatic heterocycles. The van der Waals surface area contributed by atoms with Gasteiger partial charge in [0, 0.05) is 26.2 Å². The second kappa shape index (κ2) is 6.86. The number of nitrogens with zero attached hydrogens (tertiary/aromatic N) is 2. The molecule has 2 heterocycles. The van der Waals surface area contributed by atoms with E-state index in [0.29, 0.717) is 13.1 Å². The summed E-state index contributed by atoms with van der Waals surface area (Å²) in [7, 11) is 0. The molecule has 0 saturated carbocycles. The van der Waals surface area contributed by atoms with Gasteiger partial charge in [-0.05, 0) is 32.4 Å². The van der Waals surface area contributed by atoms with E-state index in [0.717, 1.165) is 52.0 Å². The third kappa shape index (κ3) is 4.18. The molecule has 0 aromatic heterocycles. The predicted molar refractivity (Wildman–Crippen MR) is 72.4 cm³/mol. The molecule has 19 heavy (non-hydrogen) atoms. The van der Waals surface area contributed by atoms with Crippen molar-refractivity contribution in [2.24, 2.45) is 11.7 Å². The van der Waals surface area contributed by atoms with E-state index in [1.165, 1.54) is 0 Å². The lowest BCUT2D eigenvalue weighted by atomic mass is 9.97. The van der Waals surface area contributed by atoms with Gasteiger partial charge in [-0.25, -0.2) is 0 Å². The van der Waals surface area contributed by atoms with Gasteiger partial charge in [0.15, 0.2) is 0 Å². The SMILES string of the molecule is NC(=O)C1CCCN(C(=O)CN2CCCNCC2)C1. The van der Waals surface area contributed by atoms with Crippen LogP contribution in [0.2, 0.25) is 0 Å². The van der Waals surface area contributed by atoms with Crippen LogP contribution in [0.15, 0.2) is 0 Å². The van der Waals surface area contributed by atoms with Gasteiger partial charge >= 0.3 is 0 Å². The van der Waals surface area contributed by atoms with E-state index in [-0.39, 0.29) is 17.7 Å². The van der Waals surface area contributed by atoms with E-state index in [1.807, 2.05) is 0 Å². The summed E-state index contributed by atoms with van der Waals surface area (Å²) in [4.78, 5) is 27.5. The zero-order valence-corrected chi connectivity index (χ0v) is 11.4. The van der Waals surface area contributed by atoms with Crippen LogP contribution in [0.3, 0.4) is 0 Å².